The molecule has 1 rings (SSSR count). The molecule has 94 valence electrons. The highest BCUT2D eigenvalue weighted by molar-refractivity contribution is 9.10. The quantitative estimate of drug-likeness (QED) is 0.878. The van der Waals surface area contributed by atoms with Crippen molar-refractivity contribution >= 4 is 21.9 Å². The lowest BCUT2D eigenvalue weighted by Crippen LogP contribution is -2.31. The maximum absolute atomic E-state index is 10.8. The van der Waals surface area contributed by atoms with Gasteiger partial charge in [0, 0.05) is 17.6 Å². The highest BCUT2D eigenvalue weighted by atomic mass is 79.9. The molecule has 0 saturated carbocycles. The number of nitrogens with zero attached hydrogens (tertiary/aromatic N) is 1. The lowest BCUT2D eigenvalue weighted by atomic mass is 10.1. The minimum atomic E-state index is -0.740. The molecule has 0 fully saturated rings. The van der Waals surface area contributed by atoms with Crippen LogP contribution in [-0.2, 0) is 11.3 Å². The second-order valence-corrected chi connectivity index (χ2v) is 5.01. The number of halogens is 1. The zero-order valence-electron chi connectivity index (χ0n) is 10.2. The first kappa shape index (κ1) is 14.2. The van der Waals surface area contributed by atoms with Gasteiger partial charge in [0.25, 0.3) is 0 Å². The van der Waals surface area contributed by atoms with Gasteiger partial charge in [0.05, 0.1) is 5.92 Å². The molecule has 0 bridgehead atoms. The fourth-order valence-corrected chi connectivity index (χ4v) is 2.05. The van der Waals surface area contributed by atoms with Crippen molar-refractivity contribution in [3.05, 3.63) is 34.3 Å². The Labute approximate surface area is 111 Å². The summed E-state index contributed by atoms with van der Waals surface area (Å²) in [5.74, 6) is -1.08. The third kappa shape index (κ3) is 4.48. The van der Waals surface area contributed by atoms with E-state index in [1.807, 2.05) is 25.1 Å². The Kier molecular flexibility index (Phi) is 5.65. The highest BCUT2D eigenvalue weighted by Gasteiger charge is 2.15. The molecule has 0 saturated heterocycles. The van der Waals surface area contributed by atoms with E-state index in [0.717, 1.165) is 17.6 Å². The van der Waals surface area contributed by atoms with Crippen molar-refractivity contribution in [1.82, 2.24) is 4.90 Å². The van der Waals surface area contributed by atoms with E-state index in [2.05, 4.69) is 26.9 Å². The van der Waals surface area contributed by atoms with Crippen molar-refractivity contribution in [3.63, 3.8) is 0 Å². The van der Waals surface area contributed by atoms with Crippen LogP contribution in [0.3, 0.4) is 0 Å². The topological polar surface area (TPSA) is 40.5 Å². The Bertz CT molecular complexity index is 381. The van der Waals surface area contributed by atoms with Crippen LogP contribution in [0.4, 0.5) is 0 Å². The highest BCUT2D eigenvalue weighted by Crippen LogP contribution is 2.18. The number of hydrogen-bond acceptors (Lipinski definition) is 2. The average molecular weight is 300 g/mol. The van der Waals surface area contributed by atoms with Gasteiger partial charge in [0.1, 0.15) is 0 Å². The van der Waals surface area contributed by atoms with Crippen LogP contribution >= 0.6 is 15.9 Å². The van der Waals surface area contributed by atoms with Crippen molar-refractivity contribution in [1.29, 1.82) is 0 Å². The number of carbonyl (C=O) groups is 1. The van der Waals surface area contributed by atoms with Gasteiger partial charge in [-0.2, -0.15) is 0 Å². The number of benzene rings is 1. The molecule has 1 aromatic carbocycles. The van der Waals surface area contributed by atoms with Crippen LogP contribution < -0.4 is 0 Å². The zero-order valence-corrected chi connectivity index (χ0v) is 11.8. The van der Waals surface area contributed by atoms with E-state index in [9.17, 15) is 4.79 Å². The first-order chi connectivity index (χ1) is 8.04. The summed E-state index contributed by atoms with van der Waals surface area (Å²) in [7, 11) is 0. The van der Waals surface area contributed by atoms with Gasteiger partial charge in [0.2, 0.25) is 0 Å². The summed E-state index contributed by atoms with van der Waals surface area (Å²) in [5, 5.41) is 8.91. The maximum atomic E-state index is 10.8. The molecule has 17 heavy (non-hydrogen) atoms. The molecular formula is C13H18BrNO2. The SMILES string of the molecule is CCN(Cc1ccccc1Br)CC(C)C(=O)O. The fraction of sp³-hybridized carbons (Fsp3) is 0.462. The summed E-state index contributed by atoms with van der Waals surface area (Å²) in [5.41, 5.74) is 1.19. The lowest BCUT2D eigenvalue weighted by Gasteiger charge is -2.23. The van der Waals surface area contributed by atoms with Crippen LogP contribution in [0.1, 0.15) is 19.4 Å². The Morgan fingerprint density at radius 3 is 2.65 bits per heavy atom. The fourth-order valence-electron chi connectivity index (χ4n) is 1.64. The molecule has 1 atom stereocenters. The van der Waals surface area contributed by atoms with Gasteiger partial charge in [-0.25, -0.2) is 0 Å². The molecule has 0 aromatic heterocycles. The van der Waals surface area contributed by atoms with Crippen molar-refractivity contribution in [2.75, 3.05) is 13.1 Å². The van der Waals surface area contributed by atoms with Crippen LogP contribution in [0.15, 0.2) is 28.7 Å². The number of aliphatic carboxylic acids is 1. The Morgan fingerprint density at radius 2 is 2.12 bits per heavy atom. The van der Waals surface area contributed by atoms with Crippen LogP contribution in [0.2, 0.25) is 0 Å². The standard InChI is InChI=1S/C13H18BrNO2/c1-3-15(8-10(2)13(16)17)9-11-6-4-5-7-12(11)14/h4-7,10H,3,8-9H2,1-2H3,(H,16,17). The van der Waals surface area contributed by atoms with Gasteiger partial charge in [-0.1, -0.05) is 48.0 Å². The van der Waals surface area contributed by atoms with Crippen LogP contribution in [0, 0.1) is 5.92 Å². The second kappa shape index (κ2) is 6.77. The normalized spacial score (nSPS) is 12.7. The summed E-state index contributed by atoms with van der Waals surface area (Å²) < 4.78 is 1.07. The van der Waals surface area contributed by atoms with E-state index >= 15 is 0 Å². The zero-order chi connectivity index (χ0) is 12.8. The Balaban J connectivity index is 2.64. The predicted octanol–water partition coefficient (Wildman–Crippen LogP) is 2.99. The molecular weight excluding hydrogens is 282 g/mol. The summed E-state index contributed by atoms with van der Waals surface area (Å²) in [6.07, 6.45) is 0. The minimum Gasteiger partial charge on any atom is -0.481 e. The molecule has 0 aliphatic carbocycles. The van der Waals surface area contributed by atoms with E-state index in [0.29, 0.717) is 6.54 Å². The molecule has 3 nitrogen and oxygen atoms in total. The molecule has 0 spiro atoms. The van der Waals surface area contributed by atoms with Gasteiger partial charge in [0.15, 0.2) is 0 Å². The smallest absolute Gasteiger partial charge is 0.307 e. The average Bonchev–Trinajstić information content (AvgIpc) is 2.30. The van der Waals surface area contributed by atoms with Gasteiger partial charge in [-0.05, 0) is 18.2 Å². The van der Waals surface area contributed by atoms with Crippen LogP contribution in [-0.4, -0.2) is 29.1 Å². The Hall–Kier alpha value is -0.870. The molecule has 1 unspecified atom stereocenters. The number of carboxylic acids is 1. The maximum Gasteiger partial charge on any atom is 0.307 e. The molecule has 1 N–H and O–H groups in total. The number of hydrogen-bond donors (Lipinski definition) is 1. The molecule has 0 heterocycles. The minimum absolute atomic E-state index is 0.336. The first-order valence-electron chi connectivity index (χ1n) is 5.73. The van der Waals surface area contributed by atoms with Crippen LogP contribution in [0.25, 0.3) is 0 Å². The van der Waals surface area contributed by atoms with E-state index < -0.39 is 5.97 Å². The monoisotopic (exact) mass is 299 g/mol. The van der Waals surface area contributed by atoms with Gasteiger partial charge < -0.3 is 5.11 Å². The molecule has 0 aliphatic heterocycles. The van der Waals surface area contributed by atoms with Crippen LogP contribution in [0.5, 0.6) is 0 Å². The third-order valence-corrected chi connectivity index (χ3v) is 3.53. The second-order valence-electron chi connectivity index (χ2n) is 4.16. The van der Waals surface area contributed by atoms with Gasteiger partial charge in [-0.3, -0.25) is 9.69 Å². The first-order valence-corrected chi connectivity index (χ1v) is 6.52. The summed E-state index contributed by atoms with van der Waals surface area (Å²) in [6, 6.07) is 8.03. The molecule has 0 radical (unpaired) electrons. The molecule has 4 heteroatoms. The molecule has 0 amide bonds. The van der Waals surface area contributed by atoms with E-state index in [4.69, 9.17) is 5.11 Å². The number of carboxylic acid groups (broad SMARTS) is 1. The van der Waals surface area contributed by atoms with Crippen molar-refractivity contribution in [2.24, 2.45) is 5.92 Å². The predicted molar refractivity (Wildman–Crippen MR) is 71.9 cm³/mol. The van der Waals surface area contributed by atoms with E-state index in [1.165, 1.54) is 5.56 Å². The largest absolute Gasteiger partial charge is 0.481 e. The van der Waals surface area contributed by atoms with E-state index in [1.54, 1.807) is 6.92 Å². The molecule has 0 aliphatic rings. The lowest BCUT2D eigenvalue weighted by molar-refractivity contribution is -0.141. The third-order valence-electron chi connectivity index (χ3n) is 2.75. The van der Waals surface area contributed by atoms with Gasteiger partial charge in [-0.15, -0.1) is 0 Å². The summed E-state index contributed by atoms with van der Waals surface area (Å²) >= 11 is 3.51. The van der Waals surface area contributed by atoms with Gasteiger partial charge >= 0.3 is 5.97 Å². The summed E-state index contributed by atoms with van der Waals surface area (Å²) in [6.45, 7) is 5.98. The van der Waals surface area contributed by atoms with Crippen molar-refractivity contribution < 1.29 is 9.90 Å². The molecule has 1 aromatic rings. The number of rotatable bonds is 6. The Morgan fingerprint density at radius 1 is 1.47 bits per heavy atom. The van der Waals surface area contributed by atoms with Crippen molar-refractivity contribution in [3.8, 4) is 0 Å². The van der Waals surface area contributed by atoms with Crippen molar-refractivity contribution in [2.45, 2.75) is 20.4 Å². The van der Waals surface area contributed by atoms with E-state index in [-0.39, 0.29) is 5.92 Å². The summed E-state index contributed by atoms with van der Waals surface area (Å²) in [4.78, 5) is 13.0.